The summed E-state index contributed by atoms with van der Waals surface area (Å²) in [5.41, 5.74) is 7.35. The Labute approximate surface area is 233 Å². The Bertz CT molecular complexity index is 1210. The Hall–Kier alpha value is -3.42. The van der Waals surface area contributed by atoms with Crippen molar-refractivity contribution in [3.8, 4) is 11.5 Å². The van der Waals surface area contributed by atoms with Gasteiger partial charge in [0.25, 0.3) is 0 Å². The molecule has 8 N–H and O–H groups in total. The Morgan fingerprint density at radius 3 is 2.38 bits per heavy atom. The molecule has 39 heavy (non-hydrogen) atoms. The molecule has 3 amide bonds. The van der Waals surface area contributed by atoms with Crippen LogP contribution in [0.2, 0.25) is 0 Å². The number of aliphatic carboxylic acids is 1. The van der Waals surface area contributed by atoms with E-state index >= 15 is 0 Å². The fourth-order valence-electron chi connectivity index (χ4n) is 3.92. The summed E-state index contributed by atoms with van der Waals surface area (Å²) in [5, 5.41) is 37.0. The van der Waals surface area contributed by atoms with E-state index in [4.69, 9.17) is 5.73 Å². The average molecular weight is 577 g/mol. The smallest absolute Gasteiger partial charge is 0.327 e. The number of carboxylic acids is 1. The number of carbonyl (C=O) groups excluding carboxylic acids is 3. The molecule has 1 saturated heterocycles. The van der Waals surface area contributed by atoms with Gasteiger partial charge in [-0.05, 0) is 55.7 Å². The zero-order valence-corrected chi connectivity index (χ0v) is 23.1. The van der Waals surface area contributed by atoms with Gasteiger partial charge >= 0.3 is 5.97 Å². The minimum Gasteiger partial charge on any atom is -0.508 e. The van der Waals surface area contributed by atoms with Crippen molar-refractivity contribution in [2.75, 3.05) is 5.75 Å². The summed E-state index contributed by atoms with van der Waals surface area (Å²) in [5.74, 6) is -3.03. The molecule has 1 aliphatic heterocycles. The fraction of sp³-hybridized carbons (Fsp3) is 0.385. The standard InChI is InChI=1S/C26H32N4O7S2/c1-26(2)21(25(36)37)30-23(34)19(12-15-4-3-5-17(32)10-15)28-24(35)20(13-38-39-26)29-22(33)18(27)11-14-6-8-16(31)9-7-14/h3-10,18-21,31-32H,11-13,27H2,1-2H3,(H,28,35)(H,29,33)(H,30,34)(H,36,37)/t18-,19?,20+,21-/m0/s1. The summed E-state index contributed by atoms with van der Waals surface area (Å²) in [6.45, 7) is 3.34. The van der Waals surface area contributed by atoms with E-state index in [1.54, 1.807) is 38.1 Å². The molecule has 0 aliphatic carbocycles. The average Bonchev–Trinajstić information content (AvgIpc) is 2.87. The summed E-state index contributed by atoms with van der Waals surface area (Å²) >= 11 is 0. The molecular weight excluding hydrogens is 544 g/mol. The van der Waals surface area contributed by atoms with Crippen molar-refractivity contribution in [1.29, 1.82) is 0 Å². The van der Waals surface area contributed by atoms with E-state index < -0.39 is 52.6 Å². The minimum atomic E-state index is -1.27. The van der Waals surface area contributed by atoms with Gasteiger partial charge in [0.15, 0.2) is 0 Å². The molecule has 210 valence electrons. The molecule has 0 aromatic heterocycles. The Morgan fingerprint density at radius 2 is 1.74 bits per heavy atom. The van der Waals surface area contributed by atoms with Crippen molar-refractivity contribution in [3.05, 3.63) is 59.7 Å². The van der Waals surface area contributed by atoms with Crippen molar-refractivity contribution >= 4 is 45.3 Å². The lowest BCUT2D eigenvalue weighted by Gasteiger charge is -2.31. The fourth-order valence-corrected chi connectivity index (χ4v) is 6.73. The molecule has 1 fully saturated rings. The van der Waals surface area contributed by atoms with Gasteiger partial charge in [0.05, 0.1) is 10.8 Å². The van der Waals surface area contributed by atoms with Gasteiger partial charge in [-0.25, -0.2) is 4.79 Å². The third kappa shape index (κ3) is 8.53. The van der Waals surface area contributed by atoms with Crippen LogP contribution in [0, 0.1) is 0 Å². The van der Waals surface area contributed by atoms with E-state index in [0.717, 1.165) is 5.56 Å². The second kappa shape index (κ2) is 13.1. The maximum atomic E-state index is 13.3. The topological polar surface area (TPSA) is 191 Å². The van der Waals surface area contributed by atoms with Crippen molar-refractivity contribution in [3.63, 3.8) is 0 Å². The number of carboxylic acid groups (broad SMARTS) is 1. The monoisotopic (exact) mass is 576 g/mol. The molecule has 1 heterocycles. The Balaban J connectivity index is 1.83. The first-order valence-corrected chi connectivity index (χ1v) is 14.4. The SMILES string of the molecule is CC1(C)SSC[C@@H](NC(=O)[C@@H](N)Cc2ccc(O)cc2)C(=O)NC(Cc2cccc(O)c2)C(=O)N[C@H]1C(=O)O. The van der Waals surface area contributed by atoms with Gasteiger partial charge in [-0.15, -0.1) is 0 Å². The highest BCUT2D eigenvalue weighted by Gasteiger charge is 2.40. The molecule has 0 spiro atoms. The van der Waals surface area contributed by atoms with Crippen molar-refractivity contribution in [2.24, 2.45) is 5.73 Å². The molecule has 2 aromatic carbocycles. The number of hydrogen-bond acceptors (Lipinski definition) is 9. The normalized spacial score (nSPS) is 22.5. The lowest BCUT2D eigenvalue weighted by molar-refractivity contribution is -0.143. The van der Waals surface area contributed by atoms with Gasteiger partial charge in [-0.1, -0.05) is 45.9 Å². The molecule has 1 aliphatic rings. The number of aromatic hydroxyl groups is 2. The lowest BCUT2D eigenvalue weighted by atomic mass is 10.0. The van der Waals surface area contributed by atoms with Crippen LogP contribution in [0.5, 0.6) is 11.5 Å². The van der Waals surface area contributed by atoms with Crippen LogP contribution in [0.25, 0.3) is 0 Å². The zero-order valence-electron chi connectivity index (χ0n) is 21.4. The van der Waals surface area contributed by atoms with Gasteiger partial charge in [-0.2, -0.15) is 0 Å². The first kappa shape index (κ1) is 30.1. The van der Waals surface area contributed by atoms with Gasteiger partial charge in [0.2, 0.25) is 17.7 Å². The first-order valence-electron chi connectivity index (χ1n) is 12.1. The summed E-state index contributed by atoms with van der Waals surface area (Å²) in [4.78, 5) is 51.6. The summed E-state index contributed by atoms with van der Waals surface area (Å²) in [6.07, 6.45) is 0.137. The molecule has 13 heteroatoms. The largest absolute Gasteiger partial charge is 0.508 e. The van der Waals surface area contributed by atoms with Crippen LogP contribution in [0.4, 0.5) is 0 Å². The predicted octanol–water partition coefficient (Wildman–Crippen LogP) is 0.923. The zero-order chi connectivity index (χ0) is 28.7. The van der Waals surface area contributed by atoms with Crippen LogP contribution in [0.3, 0.4) is 0 Å². The molecule has 4 atom stereocenters. The molecule has 1 unspecified atom stereocenters. The summed E-state index contributed by atoms with van der Waals surface area (Å²) in [7, 11) is 2.37. The quantitative estimate of drug-likeness (QED) is 0.233. The van der Waals surface area contributed by atoms with Crippen molar-refractivity contribution in [2.45, 2.75) is 55.6 Å². The molecule has 2 aromatic rings. The number of amides is 3. The number of phenols is 2. The third-order valence-corrected chi connectivity index (χ3v) is 9.39. The minimum absolute atomic E-state index is 0.0268. The lowest BCUT2D eigenvalue weighted by Crippen LogP contribution is -2.59. The van der Waals surface area contributed by atoms with E-state index in [9.17, 15) is 34.5 Å². The van der Waals surface area contributed by atoms with Crippen LogP contribution in [0.1, 0.15) is 25.0 Å². The number of hydrogen-bond donors (Lipinski definition) is 7. The molecule has 3 rings (SSSR count). The highest BCUT2D eigenvalue weighted by molar-refractivity contribution is 8.77. The molecular formula is C26H32N4O7S2. The number of nitrogens with two attached hydrogens (primary N) is 1. The molecule has 0 saturated carbocycles. The van der Waals surface area contributed by atoms with E-state index in [1.165, 1.54) is 45.9 Å². The van der Waals surface area contributed by atoms with Crippen molar-refractivity contribution < 1.29 is 34.5 Å². The maximum absolute atomic E-state index is 13.3. The van der Waals surface area contributed by atoms with E-state index in [1.807, 2.05) is 0 Å². The molecule has 0 bridgehead atoms. The maximum Gasteiger partial charge on any atom is 0.327 e. The highest BCUT2D eigenvalue weighted by atomic mass is 33.1. The van der Waals surface area contributed by atoms with Crippen LogP contribution >= 0.6 is 21.6 Å². The predicted molar refractivity (Wildman–Crippen MR) is 149 cm³/mol. The second-order valence-corrected chi connectivity index (χ2v) is 12.7. The first-order chi connectivity index (χ1) is 18.4. The summed E-state index contributed by atoms with van der Waals surface area (Å²) in [6, 6.07) is 7.88. The van der Waals surface area contributed by atoms with Gasteiger partial charge < -0.3 is 37.0 Å². The van der Waals surface area contributed by atoms with Crippen LogP contribution in [-0.2, 0) is 32.0 Å². The van der Waals surface area contributed by atoms with Crippen LogP contribution in [0.15, 0.2) is 48.5 Å². The number of rotatable bonds is 7. The van der Waals surface area contributed by atoms with E-state index in [0.29, 0.717) is 5.56 Å². The number of phenolic OH excluding ortho intramolecular Hbond substituents is 2. The summed E-state index contributed by atoms with van der Waals surface area (Å²) < 4.78 is -0.973. The number of carbonyl (C=O) groups is 4. The number of nitrogens with one attached hydrogen (secondary N) is 3. The molecule has 0 radical (unpaired) electrons. The molecule has 11 nitrogen and oxygen atoms in total. The van der Waals surface area contributed by atoms with Gasteiger partial charge in [0, 0.05) is 12.2 Å². The van der Waals surface area contributed by atoms with Crippen molar-refractivity contribution in [1.82, 2.24) is 16.0 Å². The second-order valence-electron chi connectivity index (χ2n) is 9.72. The van der Waals surface area contributed by atoms with Gasteiger partial charge in [-0.3, -0.25) is 14.4 Å². The van der Waals surface area contributed by atoms with Crippen LogP contribution in [-0.4, -0.2) is 73.7 Å². The Kier molecular flexibility index (Phi) is 10.1. The van der Waals surface area contributed by atoms with Gasteiger partial charge in [0.1, 0.15) is 29.6 Å². The van der Waals surface area contributed by atoms with E-state index in [-0.39, 0.29) is 30.1 Å². The van der Waals surface area contributed by atoms with E-state index in [2.05, 4.69) is 16.0 Å². The third-order valence-electron chi connectivity index (χ3n) is 6.08. The highest BCUT2D eigenvalue weighted by Crippen LogP contribution is 2.39. The van der Waals surface area contributed by atoms with Crippen LogP contribution < -0.4 is 21.7 Å². The Morgan fingerprint density at radius 1 is 1.05 bits per heavy atom. The number of benzene rings is 2.